The first-order valence-electron chi connectivity index (χ1n) is 4.70. The predicted octanol–water partition coefficient (Wildman–Crippen LogP) is 1.37. The topological polar surface area (TPSA) is 81.1 Å². The Morgan fingerprint density at radius 2 is 2.25 bits per heavy atom. The van der Waals surface area contributed by atoms with Gasteiger partial charge in [-0.25, -0.2) is 9.78 Å². The standard InChI is InChI=1S/C11H11N3O2/c1-14-5-4-13-10(14)8-3-2-7(12)6-9(8)11(15)16/h2-6H,12H2,1H3,(H,15,16). The highest BCUT2D eigenvalue weighted by Crippen LogP contribution is 2.23. The molecule has 2 aromatic rings. The third kappa shape index (κ3) is 1.63. The maximum atomic E-state index is 11.1. The second-order valence-corrected chi connectivity index (χ2v) is 3.47. The van der Waals surface area contributed by atoms with E-state index in [2.05, 4.69) is 4.98 Å². The van der Waals surface area contributed by atoms with Crippen LogP contribution in [0.25, 0.3) is 11.4 Å². The first-order valence-corrected chi connectivity index (χ1v) is 4.70. The van der Waals surface area contributed by atoms with E-state index in [0.29, 0.717) is 17.1 Å². The number of nitrogen functional groups attached to an aromatic ring is 1. The first-order chi connectivity index (χ1) is 7.59. The highest BCUT2D eigenvalue weighted by atomic mass is 16.4. The summed E-state index contributed by atoms with van der Waals surface area (Å²) in [5.41, 5.74) is 6.72. The van der Waals surface area contributed by atoms with Crippen LogP contribution in [0.3, 0.4) is 0 Å². The van der Waals surface area contributed by atoms with Crippen LogP contribution in [0.4, 0.5) is 5.69 Å². The van der Waals surface area contributed by atoms with Crippen molar-refractivity contribution in [3.05, 3.63) is 36.2 Å². The van der Waals surface area contributed by atoms with Gasteiger partial charge in [-0.15, -0.1) is 0 Å². The van der Waals surface area contributed by atoms with Gasteiger partial charge in [-0.05, 0) is 18.2 Å². The third-order valence-electron chi connectivity index (χ3n) is 2.34. The van der Waals surface area contributed by atoms with Crippen molar-refractivity contribution >= 4 is 11.7 Å². The fourth-order valence-corrected chi connectivity index (χ4v) is 1.56. The monoisotopic (exact) mass is 217 g/mol. The number of nitrogens with zero attached hydrogens (tertiary/aromatic N) is 2. The summed E-state index contributed by atoms with van der Waals surface area (Å²) in [5, 5.41) is 9.09. The second kappa shape index (κ2) is 3.69. The largest absolute Gasteiger partial charge is 0.478 e. The fourth-order valence-electron chi connectivity index (χ4n) is 1.56. The lowest BCUT2D eigenvalue weighted by Gasteiger charge is -2.06. The minimum Gasteiger partial charge on any atom is -0.478 e. The van der Waals surface area contributed by atoms with Crippen LogP contribution in [-0.2, 0) is 7.05 Å². The Labute approximate surface area is 92.2 Å². The van der Waals surface area contributed by atoms with E-state index < -0.39 is 5.97 Å². The van der Waals surface area contributed by atoms with Crippen molar-refractivity contribution in [1.29, 1.82) is 0 Å². The van der Waals surface area contributed by atoms with Gasteiger partial charge in [0.15, 0.2) is 0 Å². The van der Waals surface area contributed by atoms with E-state index in [1.54, 1.807) is 29.1 Å². The minimum atomic E-state index is -1.01. The summed E-state index contributed by atoms with van der Waals surface area (Å²) >= 11 is 0. The zero-order valence-electron chi connectivity index (χ0n) is 8.71. The molecule has 3 N–H and O–H groups in total. The summed E-state index contributed by atoms with van der Waals surface area (Å²) in [6.07, 6.45) is 3.38. The summed E-state index contributed by atoms with van der Waals surface area (Å²) in [6.45, 7) is 0. The van der Waals surface area contributed by atoms with Crippen LogP contribution < -0.4 is 5.73 Å². The molecule has 0 saturated carbocycles. The molecule has 0 aliphatic carbocycles. The average molecular weight is 217 g/mol. The Kier molecular flexibility index (Phi) is 2.36. The fraction of sp³-hybridized carbons (Fsp3) is 0.0909. The molecule has 0 bridgehead atoms. The smallest absolute Gasteiger partial charge is 0.336 e. The van der Waals surface area contributed by atoms with Crippen molar-refractivity contribution in [1.82, 2.24) is 9.55 Å². The number of nitrogens with two attached hydrogens (primary N) is 1. The van der Waals surface area contributed by atoms with Gasteiger partial charge in [-0.2, -0.15) is 0 Å². The number of anilines is 1. The van der Waals surface area contributed by atoms with Gasteiger partial charge in [0.1, 0.15) is 5.82 Å². The summed E-state index contributed by atoms with van der Waals surface area (Å²) < 4.78 is 1.76. The van der Waals surface area contributed by atoms with E-state index >= 15 is 0 Å². The van der Waals surface area contributed by atoms with Crippen LogP contribution in [0.1, 0.15) is 10.4 Å². The number of carboxylic acids is 1. The van der Waals surface area contributed by atoms with Gasteiger partial charge < -0.3 is 15.4 Å². The maximum Gasteiger partial charge on any atom is 0.336 e. The van der Waals surface area contributed by atoms with E-state index in [-0.39, 0.29) is 5.56 Å². The number of aromatic nitrogens is 2. The molecule has 0 saturated heterocycles. The number of hydrogen-bond donors (Lipinski definition) is 2. The third-order valence-corrected chi connectivity index (χ3v) is 2.34. The molecular weight excluding hydrogens is 206 g/mol. The van der Waals surface area contributed by atoms with Gasteiger partial charge in [-0.1, -0.05) is 0 Å². The summed E-state index contributed by atoms with van der Waals surface area (Å²) in [4.78, 5) is 15.2. The molecule has 2 rings (SSSR count). The number of imidazole rings is 1. The van der Waals surface area contributed by atoms with E-state index in [1.165, 1.54) is 6.07 Å². The van der Waals surface area contributed by atoms with Crippen molar-refractivity contribution in [2.45, 2.75) is 0 Å². The van der Waals surface area contributed by atoms with Crippen LogP contribution in [0, 0.1) is 0 Å². The van der Waals surface area contributed by atoms with Gasteiger partial charge in [0.05, 0.1) is 5.56 Å². The number of aromatic carboxylic acids is 1. The molecule has 82 valence electrons. The summed E-state index contributed by atoms with van der Waals surface area (Å²) in [7, 11) is 1.81. The molecule has 0 radical (unpaired) electrons. The number of aryl methyl sites for hydroxylation is 1. The molecule has 1 aromatic carbocycles. The number of rotatable bonds is 2. The Morgan fingerprint density at radius 1 is 1.50 bits per heavy atom. The van der Waals surface area contributed by atoms with Gasteiger partial charge in [0.25, 0.3) is 0 Å². The Bertz CT molecular complexity index is 546. The van der Waals surface area contributed by atoms with Crippen molar-refractivity contribution in [3.63, 3.8) is 0 Å². The van der Waals surface area contributed by atoms with Crippen LogP contribution in [0.5, 0.6) is 0 Å². The predicted molar refractivity (Wildman–Crippen MR) is 60.0 cm³/mol. The molecule has 1 aromatic heterocycles. The van der Waals surface area contributed by atoms with Crippen LogP contribution in [0.15, 0.2) is 30.6 Å². The molecule has 5 heteroatoms. The Balaban J connectivity index is 2.65. The van der Waals surface area contributed by atoms with Gasteiger partial charge >= 0.3 is 5.97 Å². The van der Waals surface area contributed by atoms with Crippen molar-refractivity contribution in [2.24, 2.45) is 7.05 Å². The van der Waals surface area contributed by atoms with Crippen LogP contribution in [0.2, 0.25) is 0 Å². The molecule has 0 spiro atoms. The minimum absolute atomic E-state index is 0.161. The molecule has 0 amide bonds. The quantitative estimate of drug-likeness (QED) is 0.744. The SMILES string of the molecule is Cn1ccnc1-c1ccc(N)cc1C(=O)O. The number of carbonyl (C=O) groups is 1. The average Bonchev–Trinajstić information content (AvgIpc) is 2.64. The molecule has 0 aliphatic rings. The molecular formula is C11H11N3O2. The van der Waals surface area contributed by atoms with Crippen LogP contribution in [-0.4, -0.2) is 20.6 Å². The van der Waals surface area contributed by atoms with E-state index in [4.69, 9.17) is 10.8 Å². The van der Waals surface area contributed by atoms with Crippen LogP contribution >= 0.6 is 0 Å². The zero-order valence-corrected chi connectivity index (χ0v) is 8.71. The number of hydrogen-bond acceptors (Lipinski definition) is 3. The summed E-state index contributed by atoms with van der Waals surface area (Å²) in [6, 6.07) is 4.77. The maximum absolute atomic E-state index is 11.1. The molecule has 5 nitrogen and oxygen atoms in total. The lowest BCUT2D eigenvalue weighted by Crippen LogP contribution is -2.03. The van der Waals surface area contributed by atoms with Gasteiger partial charge in [-0.3, -0.25) is 0 Å². The van der Waals surface area contributed by atoms with Crippen molar-refractivity contribution < 1.29 is 9.90 Å². The molecule has 1 heterocycles. The lowest BCUT2D eigenvalue weighted by molar-refractivity contribution is 0.0697. The number of benzene rings is 1. The molecule has 0 atom stereocenters. The van der Waals surface area contributed by atoms with Crippen molar-refractivity contribution in [3.8, 4) is 11.4 Å². The second-order valence-electron chi connectivity index (χ2n) is 3.47. The summed E-state index contributed by atoms with van der Waals surface area (Å²) in [5.74, 6) is -0.400. The Morgan fingerprint density at radius 3 is 2.81 bits per heavy atom. The first kappa shape index (κ1) is 10.2. The molecule has 16 heavy (non-hydrogen) atoms. The van der Waals surface area contributed by atoms with E-state index in [9.17, 15) is 4.79 Å². The highest BCUT2D eigenvalue weighted by Gasteiger charge is 2.14. The van der Waals surface area contributed by atoms with Gasteiger partial charge in [0, 0.05) is 30.7 Å². The van der Waals surface area contributed by atoms with Crippen molar-refractivity contribution in [2.75, 3.05) is 5.73 Å². The van der Waals surface area contributed by atoms with Gasteiger partial charge in [0.2, 0.25) is 0 Å². The number of carboxylic acid groups (broad SMARTS) is 1. The highest BCUT2D eigenvalue weighted by molar-refractivity contribution is 5.96. The zero-order chi connectivity index (χ0) is 11.7. The molecule has 0 fully saturated rings. The molecule has 0 aliphatic heterocycles. The van der Waals surface area contributed by atoms with E-state index in [0.717, 1.165) is 0 Å². The normalized spacial score (nSPS) is 10.3. The Hall–Kier alpha value is -2.30. The lowest BCUT2D eigenvalue weighted by atomic mass is 10.1. The molecule has 0 unspecified atom stereocenters. The van der Waals surface area contributed by atoms with E-state index in [1.807, 2.05) is 7.05 Å².